The number of alkyl halides is 2. The summed E-state index contributed by atoms with van der Waals surface area (Å²) in [5, 5.41) is 1.55. The second kappa shape index (κ2) is 6.06. The van der Waals surface area contributed by atoms with Crippen molar-refractivity contribution in [2.75, 3.05) is 31.2 Å². The summed E-state index contributed by atoms with van der Waals surface area (Å²) in [4.78, 5) is 11.6. The van der Waals surface area contributed by atoms with E-state index in [9.17, 15) is 9.36 Å². The van der Waals surface area contributed by atoms with Gasteiger partial charge < -0.3 is 4.52 Å². The van der Waals surface area contributed by atoms with Crippen LogP contribution >= 0.6 is 30.9 Å². The number of rotatable bonds is 5. The molecule has 0 aliphatic carbocycles. The third kappa shape index (κ3) is 3.61. The molecule has 1 fully saturated rings. The van der Waals surface area contributed by atoms with E-state index in [1.54, 1.807) is 5.09 Å². The number of hydrogen-bond donors (Lipinski definition) is 1. The maximum absolute atomic E-state index is 12.9. The lowest BCUT2D eigenvalue weighted by Gasteiger charge is -2.32. The topological polar surface area (TPSA) is 58.6 Å². The fourth-order valence-corrected chi connectivity index (χ4v) is 2.25. The molecule has 1 aliphatic rings. The molecule has 0 aromatic carbocycles. The Labute approximate surface area is 113 Å². The second-order valence-electron chi connectivity index (χ2n) is 2.19. The van der Waals surface area contributed by atoms with Crippen LogP contribution in [0.2, 0.25) is 0 Å². The van der Waals surface area contributed by atoms with Gasteiger partial charge in [0.1, 0.15) is 0 Å². The first kappa shape index (κ1) is 4.83. The van der Waals surface area contributed by atoms with Gasteiger partial charge in [-0.2, -0.15) is 0 Å². The average molecular weight is 285 g/mol. The van der Waals surface area contributed by atoms with Crippen molar-refractivity contribution in [1.29, 1.82) is 0 Å². The van der Waals surface area contributed by atoms with Gasteiger partial charge in [-0.05, 0) is 0 Å². The molecule has 1 atom stereocenters. The Bertz CT molecular complexity index is 580. The maximum atomic E-state index is 12.9. The van der Waals surface area contributed by atoms with E-state index in [0.29, 0.717) is 0 Å². The average Bonchev–Trinajstić information content (AvgIpc) is 2.19. The molecule has 1 heterocycles. The molecule has 1 unspecified atom stereocenters. The van der Waals surface area contributed by atoms with Crippen molar-refractivity contribution in [2.45, 2.75) is 6.42 Å². The normalized spacial score (nSPS) is 43.8. The molecular formula is C7H13Cl2N2O3P. The quantitative estimate of drug-likeness (QED) is 0.613. The van der Waals surface area contributed by atoms with E-state index < -0.39 is 55.9 Å². The van der Waals surface area contributed by atoms with Gasteiger partial charge in [0.25, 0.3) is 0 Å². The maximum Gasteiger partial charge on any atom is 0.370 e. The Morgan fingerprint density at radius 2 is 2.20 bits per heavy atom. The first-order valence-corrected chi connectivity index (χ1v) is 5.81. The molecule has 1 aliphatic heterocycles. The van der Waals surface area contributed by atoms with Crippen LogP contribution in [-0.4, -0.2) is 41.8 Å². The number of halogens is 2. The zero-order valence-electron chi connectivity index (χ0n) is 17.1. The van der Waals surface area contributed by atoms with E-state index >= 15 is 0 Å². The highest BCUT2D eigenvalue weighted by molar-refractivity contribution is 7.55. The summed E-state index contributed by atoms with van der Waals surface area (Å²) in [7, 11) is -5.38. The zero-order valence-corrected chi connectivity index (χ0v) is 9.49. The van der Waals surface area contributed by atoms with Crippen LogP contribution in [0.5, 0.6) is 0 Å². The monoisotopic (exact) mass is 284 g/mol. The number of amides is 1. The third-order valence-electron chi connectivity index (χ3n) is 1.25. The number of hydrogen-bond acceptors (Lipinski definition) is 3. The summed E-state index contributed by atoms with van der Waals surface area (Å²) >= 11 is 10.5. The van der Waals surface area contributed by atoms with Crippen molar-refractivity contribution in [1.82, 2.24) is 9.76 Å². The number of carbonyl (C=O) groups is 1. The first-order chi connectivity index (χ1) is 10.7. The lowest BCUT2D eigenvalue weighted by atomic mass is 10.4. The molecular weight excluding hydrogens is 262 g/mol. The lowest BCUT2D eigenvalue weighted by molar-refractivity contribution is -0.121. The third-order valence-corrected chi connectivity index (χ3v) is 3.05. The van der Waals surface area contributed by atoms with E-state index in [-0.39, 0.29) is 0 Å². The summed E-state index contributed by atoms with van der Waals surface area (Å²) in [5.41, 5.74) is 0. The summed E-state index contributed by atoms with van der Waals surface area (Å²) in [6.45, 7) is -10.5. The highest BCUT2D eigenvalue weighted by Crippen LogP contribution is 2.48. The lowest BCUT2D eigenvalue weighted by Crippen LogP contribution is -2.38. The van der Waals surface area contributed by atoms with Crippen LogP contribution in [-0.2, 0) is 13.9 Å². The summed E-state index contributed by atoms with van der Waals surface area (Å²) in [6, 6.07) is 0. The highest BCUT2D eigenvalue weighted by Gasteiger charge is 2.36. The summed E-state index contributed by atoms with van der Waals surface area (Å²) < 4.78 is 91.7. The molecule has 0 spiro atoms. The van der Waals surface area contributed by atoms with Gasteiger partial charge in [0.05, 0.1) is 15.7 Å². The Kier molecular flexibility index (Phi) is 1.95. The molecule has 0 bridgehead atoms. The minimum Gasteiger partial charge on any atom is -0.301 e. The molecule has 1 rings (SSSR count). The standard InChI is InChI=1S/C7H13Cl2N2O3P/c8-2-4-11(5-3-9)15(13)10-7(12)1-6-14-15/h1-6H2,(H,10,12,13)/i2D2,3D2,4D2,5D2,6D2. The molecule has 15 heavy (non-hydrogen) atoms. The van der Waals surface area contributed by atoms with Crippen LogP contribution in [0.1, 0.15) is 20.1 Å². The molecule has 1 saturated heterocycles. The summed E-state index contributed by atoms with van der Waals surface area (Å²) in [5.74, 6) is -8.21. The fourth-order valence-electron chi connectivity index (χ4n) is 0.736. The van der Waals surface area contributed by atoms with E-state index in [1.807, 2.05) is 0 Å². The van der Waals surface area contributed by atoms with Crippen LogP contribution < -0.4 is 5.09 Å². The molecule has 8 heteroatoms. The Morgan fingerprint density at radius 3 is 2.67 bits per heavy atom. The van der Waals surface area contributed by atoms with Gasteiger partial charge in [0.2, 0.25) is 5.91 Å². The minimum absolute atomic E-state index is 0.637. The summed E-state index contributed by atoms with van der Waals surface area (Å²) in [6.07, 6.45) is -0.960. The van der Waals surface area contributed by atoms with E-state index in [2.05, 4.69) is 4.52 Å². The Hall–Kier alpha value is 0.200. The number of carbonyl (C=O) groups excluding carboxylic acids is 1. The van der Waals surface area contributed by atoms with Gasteiger partial charge in [-0.3, -0.25) is 9.88 Å². The van der Waals surface area contributed by atoms with Crippen LogP contribution in [0.15, 0.2) is 0 Å². The predicted octanol–water partition coefficient (Wildman–Crippen LogP) is 1.41. The van der Waals surface area contributed by atoms with Gasteiger partial charge in [-0.25, -0.2) is 9.24 Å². The predicted molar refractivity (Wildman–Crippen MR) is 59.3 cm³/mol. The molecule has 0 aromatic heterocycles. The van der Waals surface area contributed by atoms with Crippen LogP contribution in [0.25, 0.3) is 0 Å². The molecule has 1 N–H and O–H groups in total. The number of nitrogens with one attached hydrogen (secondary N) is 1. The van der Waals surface area contributed by atoms with Crippen LogP contribution in [0.3, 0.4) is 0 Å². The fraction of sp³-hybridized carbons (Fsp3) is 0.857. The molecule has 0 aromatic rings. The molecule has 0 radical (unpaired) electrons. The number of nitrogens with zero attached hydrogens (tertiary/aromatic N) is 1. The van der Waals surface area contributed by atoms with Gasteiger partial charge >= 0.3 is 7.67 Å². The second-order valence-corrected chi connectivity index (χ2v) is 4.42. The molecule has 88 valence electrons. The molecule has 5 nitrogen and oxygen atoms in total. The van der Waals surface area contributed by atoms with Gasteiger partial charge in [-0.1, -0.05) is 0 Å². The smallest absolute Gasteiger partial charge is 0.301 e. The van der Waals surface area contributed by atoms with Crippen molar-refractivity contribution in [3.63, 3.8) is 0 Å². The van der Waals surface area contributed by atoms with Gasteiger partial charge in [-0.15, -0.1) is 23.2 Å². The minimum atomic E-state index is -5.38. The SMILES string of the molecule is [2H]C1([2H])CC(=O)NP(=O)(N(C([2H])([2H])C([2H])([2H])Cl)C([2H])([2H])C([2H])([2H])Cl)O1. The van der Waals surface area contributed by atoms with E-state index in [4.69, 9.17) is 36.9 Å². The van der Waals surface area contributed by atoms with Crippen molar-refractivity contribution in [2.24, 2.45) is 0 Å². The highest BCUT2D eigenvalue weighted by atomic mass is 35.5. The van der Waals surface area contributed by atoms with Gasteiger partial charge in [0.15, 0.2) is 0 Å². The van der Waals surface area contributed by atoms with E-state index in [1.165, 1.54) is 0 Å². The van der Waals surface area contributed by atoms with Crippen molar-refractivity contribution in [3.05, 3.63) is 0 Å². The van der Waals surface area contributed by atoms with Crippen LogP contribution in [0, 0.1) is 0 Å². The molecule has 0 saturated carbocycles. The first-order valence-electron chi connectivity index (χ1n) is 8.48. The zero-order chi connectivity index (χ0) is 20.3. The van der Waals surface area contributed by atoms with Crippen molar-refractivity contribution >= 4 is 36.8 Å². The van der Waals surface area contributed by atoms with Crippen LogP contribution in [0.4, 0.5) is 0 Å². The Balaban J connectivity index is 3.69. The van der Waals surface area contributed by atoms with Gasteiger partial charge in [0, 0.05) is 35.6 Å². The van der Waals surface area contributed by atoms with Crippen molar-refractivity contribution in [3.8, 4) is 0 Å². The van der Waals surface area contributed by atoms with E-state index in [0.717, 1.165) is 0 Å². The molecule has 1 amide bonds. The largest absolute Gasteiger partial charge is 0.370 e. The van der Waals surface area contributed by atoms with Crippen molar-refractivity contribution < 1.29 is 27.6 Å². The Morgan fingerprint density at radius 1 is 1.60 bits per heavy atom.